The molecule has 1 aliphatic rings. The van der Waals surface area contributed by atoms with Crippen molar-refractivity contribution in [1.29, 1.82) is 0 Å². The van der Waals surface area contributed by atoms with Crippen LogP contribution in [0.15, 0.2) is 23.3 Å². The Labute approximate surface area is 152 Å². The predicted octanol–water partition coefficient (Wildman–Crippen LogP) is 0.495. The van der Waals surface area contributed by atoms with Gasteiger partial charge in [0.25, 0.3) is 0 Å². The lowest BCUT2D eigenvalue weighted by molar-refractivity contribution is -0.139. The number of aliphatic hydroxyl groups is 1. The second-order valence-electron chi connectivity index (χ2n) is 6.14. The van der Waals surface area contributed by atoms with E-state index in [1.807, 2.05) is 12.1 Å². The normalized spacial score (nSPS) is 13.5. The number of hydrazone groups is 1. The number of aryl methyl sites for hydroxylation is 1. The average Bonchev–Trinajstić information content (AvgIpc) is 2.64. The first-order valence-electron chi connectivity index (χ1n) is 8.64. The number of benzene rings is 1. The molecule has 1 aromatic rings. The monoisotopic (exact) mass is 360 g/mol. The van der Waals surface area contributed by atoms with E-state index in [0.717, 1.165) is 24.9 Å². The molecule has 0 aromatic heterocycles. The Morgan fingerprint density at radius 3 is 2.69 bits per heavy atom. The number of aliphatic hydroxyl groups excluding tert-OH is 1. The van der Waals surface area contributed by atoms with Crippen molar-refractivity contribution >= 4 is 29.1 Å². The van der Waals surface area contributed by atoms with Gasteiger partial charge in [-0.25, -0.2) is 5.43 Å². The largest absolute Gasteiger partial charge is 0.395 e. The van der Waals surface area contributed by atoms with E-state index in [0.29, 0.717) is 5.71 Å². The Morgan fingerprint density at radius 1 is 1.15 bits per heavy atom. The SMILES string of the molecule is C/C(CC(=O)Nc1cccc2c1CCCC2)=N\NC(=O)C(=O)NCCO. The molecule has 0 aliphatic heterocycles. The first kappa shape index (κ1) is 19.6. The molecule has 0 bridgehead atoms. The highest BCUT2D eigenvalue weighted by Gasteiger charge is 2.15. The van der Waals surface area contributed by atoms with E-state index in [-0.39, 0.29) is 25.5 Å². The van der Waals surface area contributed by atoms with Crippen LogP contribution in [0.25, 0.3) is 0 Å². The summed E-state index contributed by atoms with van der Waals surface area (Å²) >= 11 is 0. The van der Waals surface area contributed by atoms with E-state index in [9.17, 15) is 14.4 Å². The van der Waals surface area contributed by atoms with Gasteiger partial charge in [-0.1, -0.05) is 12.1 Å². The van der Waals surface area contributed by atoms with Crippen LogP contribution in [-0.2, 0) is 27.2 Å². The summed E-state index contributed by atoms with van der Waals surface area (Å²) in [6.07, 6.45) is 4.27. The van der Waals surface area contributed by atoms with Crippen molar-refractivity contribution in [3.8, 4) is 0 Å². The third kappa shape index (κ3) is 5.66. The molecule has 0 fully saturated rings. The molecule has 0 radical (unpaired) electrons. The minimum atomic E-state index is -0.949. The number of nitrogens with one attached hydrogen (secondary N) is 3. The molecule has 0 saturated carbocycles. The molecule has 8 heteroatoms. The second-order valence-corrected chi connectivity index (χ2v) is 6.14. The van der Waals surface area contributed by atoms with Gasteiger partial charge in [0.05, 0.1) is 13.0 Å². The van der Waals surface area contributed by atoms with Gasteiger partial charge in [0.1, 0.15) is 0 Å². The van der Waals surface area contributed by atoms with E-state index in [4.69, 9.17) is 5.11 Å². The van der Waals surface area contributed by atoms with Crippen molar-refractivity contribution in [2.45, 2.75) is 39.0 Å². The standard InChI is InChI=1S/C18H24N4O4/c1-12(21-22-18(26)17(25)19-9-10-23)11-16(24)20-15-8-4-6-13-5-2-3-7-14(13)15/h4,6,8,23H,2-3,5,7,9-11H2,1H3,(H,19,25)(H,20,24)(H,22,26)/b21-12+. The Kier molecular flexibility index (Phi) is 7.28. The molecule has 8 nitrogen and oxygen atoms in total. The van der Waals surface area contributed by atoms with Gasteiger partial charge in [-0.2, -0.15) is 5.10 Å². The van der Waals surface area contributed by atoms with Gasteiger partial charge in [-0.05, 0) is 49.8 Å². The quantitative estimate of drug-likeness (QED) is 0.335. The van der Waals surface area contributed by atoms with Gasteiger partial charge in [0.15, 0.2) is 0 Å². The summed E-state index contributed by atoms with van der Waals surface area (Å²) in [6.45, 7) is 1.31. The maximum Gasteiger partial charge on any atom is 0.329 e. The molecule has 140 valence electrons. The zero-order chi connectivity index (χ0) is 18.9. The maximum absolute atomic E-state index is 12.2. The Balaban J connectivity index is 1.87. The zero-order valence-electron chi connectivity index (χ0n) is 14.8. The van der Waals surface area contributed by atoms with Crippen LogP contribution >= 0.6 is 0 Å². The number of nitrogens with zero attached hydrogens (tertiary/aromatic N) is 1. The highest BCUT2D eigenvalue weighted by Crippen LogP contribution is 2.27. The number of carbonyl (C=O) groups is 3. The van der Waals surface area contributed by atoms with E-state index >= 15 is 0 Å². The molecule has 1 aliphatic carbocycles. The highest BCUT2D eigenvalue weighted by atomic mass is 16.3. The minimum Gasteiger partial charge on any atom is -0.395 e. The van der Waals surface area contributed by atoms with Crippen LogP contribution in [0.5, 0.6) is 0 Å². The Morgan fingerprint density at radius 2 is 1.92 bits per heavy atom. The van der Waals surface area contributed by atoms with Crippen LogP contribution in [-0.4, -0.2) is 41.7 Å². The fraction of sp³-hybridized carbons (Fsp3) is 0.444. The molecule has 26 heavy (non-hydrogen) atoms. The highest BCUT2D eigenvalue weighted by molar-refractivity contribution is 6.35. The number of carbonyl (C=O) groups excluding carboxylic acids is 3. The lowest BCUT2D eigenvalue weighted by atomic mass is 9.90. The molecule has 1 aromatic carbocycles. The van der Waals surface area contributed by atoms with Gasteiger partial charge in [-0.15, -0.1) is 0 Å². The van der Waals surface area contributed by atoms with Crippen LogP contribution in [0.4, 0.5) is 5.69 Å². The minimum absolute atomic E-state index is 0.00219. The van der Waals surface area contributed by atoms with E-state index in [1.54, 1.807) is 6.92 Å². The summed E-state index contributed by atoms with van der Waals surface area (Å²) in [5, 5.41) is 17.5. The lowest BCUT2D eigenvalue weighted by Gasteiger charge is -2.19. The third-order valence-electron chi connectivity index (χ3n) is 4.04. The van der Waals surface area contributed by atoms with E-state index < -0.39 is 11.8 Å². The summed E-state index contributed by atoms with van der Waals surface area (Å²) in [6, 6.07) is 5.92. The Bertz CT molecular complexity index is 715. The maximum atomic E-state index is 12.2. The van der Waals surface area contributed by atoms with Crippen LogP contribution in [0.1, 0.15) is 37.3 Å². The van der Waals surface area contributed by atoms with Crippen LogP contribution < -0.4 is 16.1 Å². The fourth-order valence-corrected chi connectivity index (χ4v) is 2.81. The van der Waals surface area contributed by atoms with Crippen LogP contribution in [0.3, 0.4) is 0 Å². The second kappa shape index (κ2) is 9.67. The molecule has 0 unspecified atom stereocenters. The van der Waals surface area contributed by atoms with Crippen molar-refractivity contribution in [3.63, 3.8) is 0 Å². The third-order valence-corrected chi connectivity index (χ3v) is 4.04. The van der Waals surface area contributed by atoms with E-state index in [2.05, 4.69) is 27.2 Å². The summed E-state index contributed by atoms with van der Waals surface area (Å²) in [4.78, 5) is 35.0. The van der Waals surface area contributed by atoms with Gasteiger partial charge in [0, 0.05) is 17.9 Å². The molecule has 2 rings (SSSR count). The molecule has 4 N–H and O–H groups in total. The van der Waals surface area contributed by atoms with Gasteiger partial charge in [-0.3, -0.25) is 14.4 Å². The smallest absolute Gasteiger partial charge is 0.329 e. The number of amides is 3. The Hall–Kier alpha value is -2.74. The molecular formula is C18H24N4O4. The first-order chi connectivity index (χ1) is 12.5. The summed E-state index contributed by atoms with van der Waals surface area (Å²) in [7, 11) is 0. The lowest BCUT2D eigenvalue weighted by Crippen LogP contribution is -2.39. The van der Waals surface area contributed by atoms with Crippen molar-refractivity contribution < 1.29 is 19.5 Å². The molecule has 0 heterocycles. The van der Waals surface area contributed by atoms with Crippen molar-refractivity contribution in [3.05, 3.63) is 29.3 Å². The number of hydrogen-bond acceptors (Lipinski definition) is 5. The van der Waals surface area contributed by atoms with Crippen LogP contribution in [0, 0.1) is 0 Å². The number of rotatable bonds is 6. The zero-order valence-corrected chi connectivity index (χ0v) is 14.8. The van der Waals surface area contributed by atoms with Crippen molar-refractivity contribution in [2.24, 2.45) is 5.10 Å². The average molecular weight is 360 g/mol. The molecule has 0 spiro atoms. The van der Waals surface area contributed by atoms with Crippen molar-refractivity contribution in [1.82, 2.24) is 10.7 Å². The van der Waals surface area contributed by atoms with Gasteiger partial charge in [0.2, 0.25) is 5.91 Å². The number of fused-ring (bicyclic) bond motifs is 1. The van der Waals surface area contributed by atoms with Crippen LogP contribution in [0.2, 0.25) is 0 Å². The fourth-order valence-electron chi connectivity index (χ4n) is 2.81. The van der Waals surface area contributed by atoms with Crippen molar-refractivity contribution in [2.75, 3.05) is 18.5 Å². The number of hydrogen-bond donors (Lipinski definition) is 4. The van der Waals surface area contributed by atoms with E-state index in [1.165, 1.54) is 17.5 Å². The number of anilines is 1. The summed E-state index contributed by atoms with van der Waals surface area (Å²) in [5.74, 6) is -2.07. The first-order valence-corrected chi connectivity index (χ1v) is 8.64. The predicted molar refractivity (Wildman–Crippen MR) is 97.7 cm³/mol. The van der Waals surface area contributed by atoms with Gasteiger partial charge >= 0.3 is 11.8 Å². The molecule has 0 saturated heterocycles. The molecular weight excluding hydrogens is 336 g/mol. The molecule has 0 atom stereocenters. The topological polar surface area (TPSA) is 120 Å². The molecule has 3 amide bonds. The summed E-state index contributed by atoms with van der Waals surface area (Å²) in [5.41, 5.74) is 5.75. The summed E-state index contributed by atoms with van der Waals surface area (Å²) < 4.78 is 0. The van der Waals surface area contributed by atoms with Gasteiger partial charge < -0.3 is 15.7 Å².